The van der Waals surface area contributed by atoms with E-state index in [-0.39, 0.29) is 69.8 Å². The number of anilines is 3. The quantitative estimate of drug-likeness (QED) is 0.117. The molecule has 0 N–H and O–H groups in total. The highest BCUT2D eigenvalue weighted by atomic mass is 16.6. The van der Waals surface area contributed by atoms with Crippen LogP contribution in [0.3, 0.4) is 0 Å². The SMILES string of the molecule is O=[N+]([O-])c1ccc(N2CCN3CCN(c4ccc([N+](=O)[O-])c5nonc45)Cc4ccccc4OCCN(CCOc4ccccc4C2)CCOc2ccccc2CN(c2ccc([N+](=O)[O-])c4nonc24)CC3)c2nonc12. The average Bonchev–Trinajstić information content (AvgIpc) is 4.28. The number of hydrogen-bond acceptors (Lipinski definition) is 23. The Morgan fingerprint density at radius 1 is 0.351 bits per heavy atom. The van der Waals surface area contributed by atoms with Gasteiger partial charge in [0, 0.05) is 113 Å². The number of nitrogens with zero attached hydrogens (tertiary/aromatic N) is 14. The van der Waals surface area contributed by atoms with Crippen molar-refractivity contribution in [3.8, 4) is 17.2 Å². The number of ether oxygens (including phenoxy) is 3. The van der Waals surface area contributed by atoms with E-state index in [2.05, 4.69) is 55.4 Å². The van der Waals surface area contributed by atoms with Crippen molar-refractivity contribution in [3.63, 3.8) is 0 Å². The molecule has 394 valence electrons. The van der Waals surface area contributed by atoms with Crippen molar-refractivity contribution in [1.82, 2.24) is 40.7 Å². The smallest absolute Gasteiger partial charge is 0.300 e. The van der Waals surface area contributed by atoms with E-state index in [4.69, 9.17) is 28.1 Å². The summed E-state index contributed by atoms with van der Waals surface area (Å²) >= 11 is 0. The zero-order chi connectivity index (χ0) is 52.8. The molecule has 2 bridgehead atoms. The second-order valence-corrected chi connectivity index (χ2v) is 18.3. The summed E-state index contributed by atoms with van der Waals surface area (Å²) in [5.41, 5.74) is 3.93. The van der Waals surface area contributed by atoms with Crippen molar-refractivity contribution in [1.29, 1.82) is 0 Å². The molecule has 12 rings (SSSR count). The molecule has 0 saturated carbocycles. The van der Waals surface area contributed by atoms with Gasteiger partial charge in [-0.2, -0.15) is 0 Å². The predicted octanol–water partition coefficient (Wildman–Crippen LogP) is 7.21. The monoisotopic (exact) mass is 1050 g/mol. The van der Waals surface area contributed by atoms with E-state index in [0.717, 1.165) is 16.7 Å². The molecule has 0 radical (unpaired) electrons. The van der Waals surface area contributed by atoms with E-state index in [1.165, 1.54) is 18.2 Å². The van der Waals surface area contributed by atoms with Crippen LogP contribution in [0.4, 0.5) is 34.1 Å². The molecule has 6 aromatic carbocycles. The molecule has 3 aliphatic heterocycles. The van der Waals surface area contributed by atoms with Gasteiger partial charge in [0.25, 0.3) is 0 Å². The van der Waals surface area contributed by atoms with Gasteiger partial charge in [0.2, 0.25) is 16.6 Å². The molecule has 3 aliphatic rings. The molecule has 0 aliphatic carbocycles. The Morgan fingerprint density at radius 2 is 0.636 bits per heavy atom. The van der Waals surface area contributed by atoms with Crippen LogP contribution in [0.25, 0.3) is 33.1 Å². The van der Waals surface area contributed by atoms with Crippen molar-refractivity contribution in [2.75, 3.05) is 93.4 Å². The summed E-state index contributed by atoms with van der Waals surface area (Å²) in [4.78, 5) is 45.7. The second-order valence-electron chi connectivity index (χ2n) is 18.3. The third-order valence-corrected chi connectivity index (χ3v) is 13.8. The molecule has 0 spiro atoms. The highest BCUT2D eigenvalue weighted by molar-refractivity contribution is 5.95. The normalized spacial score (nSPS) is 17.4. The van der Waals surface area contributed by atoms with E-state index < -0.39 is 14.8 Å². The van der Waals surface area contributed by atoms with Crippen LogP contribution < -0.4 is 28.9 Å². The lowest BCUT2D eigenvalue weighted by Gasteiger charge is -2.34. The highest BCUT2D eigenvalue weighted by Crippen LogP contribution is 2.37. The maximum Gasteiger partial charge on any atom is 0.300 e. The van der Waals surface area contributed by atoms with Crippen molar-refractivity contribution in [3.05, 3.63) is 156 Å². The topological polar surface area (TPSA) is 290 Å². The highest BCUT2D eigenvalue weighted by Gasteiger charge is 2.29. The first-order chi connectivity index (χ1) is 37.7. The minimum absolute atomic E-state index is 0.00446. The van der Waals surface area contributed by atoms with Gasteiger partial charge in [-0.25, -0.2) is 13.9 Å². The van der Waals surface area contributed by atoms with Crippen molar-refractivity contribution in [2.24, 2.45) is 0 Å². The standard InChI is InChI=1S/C51H48N14O12/c66-63(67)40-16-13-37(46-49(40)55-75-52-46)60-22-19-58-20-23-61(38-14-17-41(64(68)69)50-47(38)53-76-56-50)32-35-8-2-5-11-44(35)73-29-26-59(25-28-72-43-10-4-1-7-34(43)31-60)27-30-74-45-12-6-3-9-36(45)33-62(24-21-58)39-15-18-42(65(70)71)51-48(39)54-77-57-51/h1-18H,19-33H2. The Hall–Kier alpha value is -9.56. The van der Waals surface area contributed by atoms with Crippen LogP contribution in [-0.2, 0) is 19.6 Å². The lowest BCUT2D eigenvalue weighted by molar-refractivity contribution is -0.383. The third kappa shape index (κ3) is 10.6. The Bertz CT molecular complexity index is 3240. The molecule has 0 saturated heterocycles. The molecule has 3 aromatic heterocycles. The van der Waals surface area contributed by atoms with Gasteiger partial charge in [0.05, 0.1) is 31.8 Å². The predicted molar refractivity (Wildman–Crippen MR) is 277 cm³/mol. The number of para-hydroxylation sites is 3. The second kappa shape index (κ2) is 22.1. The number of aromatic nitrogens is 6. The fourth-order valence-corrected chi connectivity index (χ4v) is 9.84. The van der Waals surface area contributed by atoms with E-state index in [9.17, 15) is 30.3 Å². The number of nitro groups is 3. The van der Waals surface area contributed by atoms with Crippen LogP contribution in [0.2, 0.25) is 0 Å². The van der Waals surface area contributed by atoms with Gasteiger partial charge in [-0.05, 0) is 67.3 Å². The number of nitro benzene ring substituents is 3. The summed E-state index contributed by atoms with van der Waals surface area (Å²) in [6, 6.07) is 32.2. The van der Waals surface area contributed by atoms with Gasteiger partial charge in [0.1, 0.15) is 37.1 Å². The van der Waals surface area contributed by atoms with Gasteiger partial charge < -0.3 is 28.9 Å². The maximum absolute atomic E-state index is 12.2. The maximum atomic E-state index is 12.2. The summed E-state index contributed by atoms with van der Waals surface area (Å²) in [6.45, 7) is 5.27. The molecular formula is C51H48N14O12. The number of fused-ring (bicyclic) bond motifs is 18. The average molecular weight is 1050 g/mol. The molecule has 0 atom stereocenters. The summed E-state index contributed by atoms with van der Waals surface area (Å²) < 4.78 is 35.3. The molecule has 9 aromatic rings. The first-order valence-electron chi connectivity index (χ1n) is 24.7. The Kier molecular flexibility index (Phi) is 14.3. The summed E-state index contributed by atoms with van der Waals surface area (Å²) in [5, 5.41) is 61.1. The molecule has 0 fully saturated rings. The largest absolute Gasteiger partial charge is 0.492 e. The van der Waals surface area contributed by atoms with E-state index in [1.54, 1.807) is 18.2 Å². The molecule has 26 heteroatoms. The van der Waals surface area contributed by atoms with Gasteiger partial charge in [-0.3, -0.25) is 40.1 Å². The summed E-state index contributed by atoms with van der Waals surface area (Å²) in [6.07, 6.45) is 0. The lowest BCUT2D eigenvalue weighted by Crippen LogP contribution is -2.43. The van der Waals surface area contributed by atoms with Crippen LogP contribution in [-0.4, -0.2) is 134 Å². The van der Waals surface area contributed by atoms with Crippen molar-refractivity contribution >= 4 is 67.2 Å². The van der Waals surface area contributed by atoms with E-state index in [1.807, 2.05) is 72.8 Å². The minimum atomic E-state index is -0.527. The first kappa shape index (κ1) is 49.6. The van der Waals surface area contributed by atoms with Crippen LogP contribution >= 0.6 is 0 Å². The minimum Gasteiger partial charge on any atom is -0.492 e. The van der Waals surface area contributed by atoms with Crippen LogP contribution in [0.5, 0.6) is 17.2 Å². The van der Waals surface area contributed by atoms with Crippen LogP contribution in [0.1, 0.15) is 16.7 Å². The molecule has 6 heterocycles. The Morgan fingerprint density at radius 3 is 0.948 bits per heavy atom. The Labute approximate surface area is 436 Å². The van der Waals surface area contributed by atoms with E-state index >= 15 is 0 Å². The Balaban J connectivity index is 1.06. The number of hydrogen-bond donors (Lipinski definition) is 0. The third-order valence-electron chi connectivity index (χ3n) is 13.8. The molecule has 0 amide bonds. The number of benzene rings is 6. The lowest BCUT2D eigenvalue weighted by atomic mass is 10.1. The summed E-state index contributed by atoms with van der Waals surface area (Å²) in [5.74, 6) is 1.93. The molecular weight excluding hydrogens is 1000 g/mol. The van der Waals surface area contributed by atoms with Gasteiger partial charge in [0.15, 0.2) is 16.6 Å². The van der Waals surface area contributed by atoms with Crippen LogP contribution in [0.15, 0.2) is 123 Å². The van der Waals surface area contributed by atoms with Gasteiger partial charge in [-0.1, -0.05) is 54.6 Å². The number of non-ortho nitro benzene ring substituents is 3. The first-order valence-corrected chi connectivity index (χ1v) is 24.7. The van der Waals surface area contributed by atoms with Crippen molar-refractivity contribution < 1.29 is 42.9 Å². The van der Waals surface area contributed by atoms with E-state index in [0.29, 0.717) is 113 Å². The summed E-state index contributed by atoms with van der Waals surface area (Å²) in [7, 11) is 0. The zero-order valence-electron chi connectivity index (χ0n) is 41.2. The van der Waals surface area contributed by atoms with Crippen molar-refractivity contribution in [2.45, 2.75) is 19.6 Å². The fourth-order valence-electron chi connectivity index (χ4n) is 9.84. The van der Waals surface area contributed by atoms with Gasteiger partial charge in [-0.15, -0.1) is 0 Å². The van der Waals surface area contributed by atoms with Gasteiger partial charge >= 0.3 is 17.1 Å². The zero-order valence-corrected chi connectivity index (χ0v) is 41.2. The fraction of sp³-hybridized carbons (Fsp3) is 0.294. The van der Waals surface area contributed by atoms with Crippen LogP contribution in [0, 0.1) is 30.3 Å². The number of rotatable bonds is 6. The molecule has 0 unspecified atom stereocenters. The molecule has 26 nitrogen and oxygen atoms in total. The molecule has 77 heavy (non-hydrogen) atoms.